The van der Waals surface area contributed by atoms with Gasteiger partial charge in [-0.3, -0.25) is 0 Å². The average Bonchev–Trinajstić information content (AvgIpc) is 2.49. The van der Waals surface area contributed by atoms with Crippen LogP contribution >= 0.6 is 12.3 Å². The highest BCUT2D eigenvalue weighted by atomic mass is 32.2. The number of halogens is 1. The van der Waals surface area contributed by atoms with Crippen LogP contribution in [0.15, 0.2) is 18.6 Å². The van der Waals surface area contributed by atoms with Crippen LogP contribution in [-0.2, 0) is 0 Å². The first-order chi connectivity index (χ1) is 5.83. The fourth-order valence-electron chi connectivity index (χ4n) is 1.11. The second-order valence-electron chi connectivity index (χ2n) is 2.41. The molecule has 2 aromatic heterocycles. The van der Waals surface area contributed by atoms with Gasteiger partial charge in [0.1, 0.15) is 6.33 Å². The second-order valence-corrected chi connectivity index (χ2v) is 2.94. The molecule has 0 unspecified atom stereocenters. The predicted molar refractivity (Wildman–Crippen MR) is 46.4 cm³/mol. The van der Waals surface area contributed by atoms with E-state index in [0.717, 1.165) is 11.1 Å². The highest BCUT2D eigenvalue weighted by Crippen LogP contribution is 2.20. The van der Waals surface area contributed by atoms with Gasteiger partial charge in [-0.25, -0.2) is 13.9 Å². The summed E-state index contributed by atoms with van der Waals surface area (Å²) < 4.78 is 13.6. The maximum absolute atomic E-state index is 12.2. The zero-order valence-corrected chi connectivity index (χ0v) is 7.18. The van der Waals surface area contributed by atoms with E-state index in [1.54, 1.807) is 12.3 Å². The highest BCUT2D eigenvalue weighted by Gasteiger charge is 2.04. The summed E-state index contributed by atoms with van der Waals surface area (Å²) in [5.41, 5.74) is 1.49. The third-order valence-electron chi connectivity index (χ3n) is 1.72. The fraction of sp³-hybridized carbons (Fsp3) is 0.143. The molecule has 0 saturated heterocycles. The molecule has 0 saturated carbocycles. The van der Waals surface area contributed by atoms with Crippen molar-refractivity contribution < 1.29 is 3.89 Å². The van der Waals surface area contributed by atoms with Crippen LogP contribution in [0.4, 0.5) is 3.89 Å². The molecule has 2 heterocycles. The fourth-order valence-corrected chi connectivity index (χ4v) is 1.43. The first kappa shape index (κ1) is 7.54. The summed E-state index contributed by atoms with van der Waals surface area (Å²) in [4.78, 5) is 7.96. The van der Waals surface area contributed by atoms with E-state index in [1.807, 2.05) is 6.92 Å². The van der Waals surface area contributed by atoms with Gasteiger partial charge in [-0.15, -0.1) is 3.89 Å². The number of nitrogens with zero attached hydrogens (tertiary/aromatic N) is 3. The van der Waals surface area contributed by atoms with Crippen molar-refractivity contribution in [3.05, 3.63) is 24.3 Å². The lowest BCUT2D eigenvalue weighted by molar-refractivity contribution is 0.919. The van der Waals surface area contributed by atoms with Crippen LogP contribution in [0.1, 0.15) is 5.69 Å². The molecule has 0 aromatic carbocycles. The van der Waals surface area contributed by atoms with E-state index < -0.39 is 0 Å². The maximum atomic E-state index is 12.2. The number of aromatic nitrogens is 3. The van der Waals surface area contributed by atoms with E-state index in [-0.39, 0.29) is 12.3 Å². The zero-order chi connectivity index (χ0) is 8.55. The van der Waals surface area contributed by atoms with E-state index >= 15 is 0 Å². The van der Waals surface area contributed by atoms with E-state index in [0.29, 0.717) is 5.65 Å². The molecule has 0 N–H and O–H groups in total. The van der Waals surface area contributed by atoms with E-state index in [9.17, 15) is 3.89 Å². The summed E-state index contributed by atoms with van der Waals surface area (Å²) in [6.45, 7) is 1.87. The molecular formula is C7H6FN3S. The second kappa shape index (κ2) is 2.75. The van der Waals surface area contributed by atoms with Gasteiger partial charge < -0.3 is 0 Å². The lowest BCUT2D eigenvalue weighted by atomic mass is 10.3. The van der Waals surface area contributed by atoms with Gasteiger partial charge >= 0.3 is 0 Å². The first-order valence-electron chi connectivity index (χ1n) is 3.40. The Bertz CT molecular complexity index is 412. The van der Waals surface area contributed by atoms with Gasteiger partial charge in [0.05, 0.1) is 5.69 Å². The van der Waals surface area contributed by atoms with Crippen molar-refractivity contribution in [1.82, 2.24) is 13.9 Å². The molecule has 12 heavy (non-hydrogen) atoms. The van der Waals surface area contributed by atoms with Gasteiger partial charge in [-0.1, -0.05) is 0 Å². The molecule has 3 nitrogen and oxygen atoms in total. The topological polar surface area (TPSA) is 30.7 Å². The van der Waals surface area contributed by atoms with Gasteiger partial charge in [0.15, 0.2) is 18.0 Å². The average molecular weight is 183 g/mol. The van der Waals surface area contributed by atoms with Crippen LogP contribution in [0.5, 0.6) is 0 Å². The first-order valence-corrected chi connectivity index (χ1v) is 4.08. The van der Waals surface area contributed by atoms with Crippen molar-refractivity contribution >= 4 is 23.4 Å². The van der Waals surface area contributed by atoms with Gasteiger partial charge in [0.2, 0.25) is 0 Å². The van der Waals surface area contributed by atoms with Crippen LogP contribution < -0.4 is 0 Å². The Labute approximate surface area is 73.1 Å². The number of aryl methyl sites for hydroxylation is 1. The summed E-state index contributed by atoms with van der Waals surface area (Å²) in [7, 11) is 0. The van der Waals surface area contributed by atoms with Gasteiger partial charge in [0.25, 0.3) is 0 Å². The summed E-state index contributed by atoms with van der Waals surface area (Å²) in [6.07, 6.45) is 3.07. The summed E-state index contributed by atoms with van der Waals surface area (Å²) >= 11 is 0.140. The Morgan fingerprint density at radius 2 is 2.33 bits per heavy atom. The van der Waals surface area contributed by atoms with Crippen molar-refractivity contribution in [2.45, 2.75) is 6.92 Å². The molecule has 0 spiro atoms. The Balaban J connectivity index is 2.80. The Hall–Kier alpha value is -1.10. The number of rotatable bonds is 1. The monoisotopic (exact) mass is 183 g/mol. The third kappa shape index (κ3) is 0.972. The molecule has 0 aliphatic rings. The standard InChI is InChI=1S/C7H6FN3S/c1-5-6-2-3-11(12-8)7(6)10-4-9-5/h2-4H,1H3. The molecule has 0 atom stereocenters. The van der Waals surface area contributed by atoms with E-state index in [2.05, 4.69) is 9.97 Å². The van der Waals surface area contributed by atoms with Crippen molar-refractivity contribution in [3.63, 3.8) is 0 Å². The lowest BCUT2D eigenvalue weighted by Gasteiger charge is -1.95. The SMILES string of the molecule is Cc1ncnc2c1ccn2SF. The van der Waals surface area contributed by atoms with E-state index in [1.165, 1.54) is 10.3 Å². The molecule has 62 valence electrons. The normalized spacial score (nSPS) is 10.8. The smallest absolute Gasteiger partial charge is 0.171 e. The van der Waals surface area contributed by atoms with Crippen molar-refractivity contribution in [2.75, 3.05) is 0 Å². The molecular weight excluding hydrogens is 177 g/mol. The minimum atomic E-state index is 0.140. The lowest BCUT2D eigenvalue weighted by Crippen LogP contribution is -1.87. The van der Waals surface area contributed by atoms with Crippen LogP contribution in [0.25, 0.3) is 11.0 Å². The van der Waals surface area contributed by atoms with Crippen LogP contribution in [0, 0.1) is 6.92 Å². The van der Waals surface area contributed by atoms with E-state index in [4.69, 9.17) is 0 Å². The molecule has 0 radical (unpaired) electrons. The minimum absolute atomic E-state index is 0.140. The Morgan fingerprint density at radius 3 is 3.08 bits per heavy atom. The van der Waals surface area contributed by atoms with Crippen LogP contribution in [0.3, 0.4) is 0 Å². The molecule has 0 bridgehead atoms. The maximum Gasteiger partial charge on any atom is 0.171 e. The van der Waals surface area contributed by atoms with Crippen molar-refractivity contribution in [3.8, 4) is 0 Å². The molecule has 2 rings (SSSR count). The molecule has 0 aliphatic carbocycles. The molecule has 0 amide bonds. The molecule has 0 fully saturated rings. The van der Waals surface area contributed by atoms with Crippen LogP contribution in [-0.4, -0.2) is 13.9 Å². The molecule has 2 aromatic rings. The number of hydrogen-bond donors (Lipinski definition) is 0. The van der Waals surface area contributed by atoms with Gasteiger partial charge in [-0.05, 0) is 13.0 Å². The largest absolute Gasteiger partial charge is 0.247 e. The quantitative estimate of drug-likeness (QED) is 0.678. The summed E-state index contributed by atoms with van der Waals surface area (Å²) in [6, 6.07) is 1.80. The third-order valence-corrected chi connectivity index (χ3v) is 2.17. The van der Waals surface area contributed by atoms with Crippen molar-refractivity contribution in [1.29, 1.82) is 0 Å². The predicted octanol–water partition coefficient (Wildman–Crippen LogP) is 2.12. The van der Waals surface area contributed by atoms with Crippen molar-refractivity contribution in [2.24, 2.45) is 0 Å². The Morgan fingerprint density at radius 1 is 1.50 bits per heavy atom. The number of fused-ring (bicyclic) bond motifs is 1. The highest BCUT2D eigenvalue weighted by molar-refractivity contribution is 7.92. The summed E-state index contributed by atoms with van der Waals surface area (Å²) in [5.74, 6) is 0. The van der Waals surface area contributed by atoms with Gasteiger partial charge in [0, 0.05) is 11.6 Å². The Kier molecular flexibility index (Phi) is 1.73. The molecule has 5 heteroatoms. The van der Waals surface area contributed by atoms with Gasteiger partial charge in [-0.2, -0.15) is 0 Å². The number of hydrogen-bond acceptors (Lipinski definition) is 3. The van der Waals surface area contributed by atoms with Crippen LogP contribution in [0.2, 0.25) is 0 Å². The molecule has 0 aliphatic heterocycles. The summed E-state index contributed by atoms with van der Waals surface area (Å²) in [5, 5.41) is 0.891. The zero-order valence-electron chi connectivity index (χ0n) is 6.36. The minimum Gasteiger partial charge on any atom is -0.247 e.